The molecule has 3 aromatic rings. The number of nitrogens with one attached hydrogen (secondary N) is 1. The Hall–Kier alpha value is -2.69. The van der Waals surface area contributed by atoms with E-state index in [4.69, 9.17) is 5.73 Å². The summed E-state index contributed by atoms with van der Waals surface area (Å²) in [5.41, 5.74) is 9.50. The zero-order valence-corrected chi connectivity index (χ0v) is 11.1. The van der Waals surface area contributed by atoms with Crippen molar-refractivity contribution >= 4 is 16.8 Å². The molecule has 0 spiro atoms. The fourth-order valence-electron chi connectivity index (χ4n) is 2.26. The first kappa shape index (κ1) is 12.3. The Kier molecular flexibility index (Phi) is 2.95. The largest absolute Gasteiger partial charge is 0.366 e. The Bertz CT molecular complexity index is 778. The number of nitrogens with two attached hydrogens (primary N) is 1. The van der Waals surface area contributed by atoms with Gasteiger partial charge >= 0.3 is 0 Å². The lowest BCUT2D eigenvalue weighted by Gasteiger charge is -2.08. The van der Waals surface area contributed by atoms with Crippen molar-refractivity contribution in [2.24, 2.45) is 5.73 Å². The number of H-pyrrole nitrogens is 1. The first-order valence-corrected chi connectivity index (χ1v) is 6.41. The second kappa shape index (κ2) is 4.77. The lowest BCUT2D eigenvalue weighted by molar-refractivity contribution is 0.100. The molecule has 100 valence electrons. The predicted molar refractivity (Wildman–Crippen MR) is 77.2 cm³/mol. The SMILES string of the molecule is CCc1cc2ccc(C(N)=O)cc2nc1-c1cn[nH]c1. The zero-order valence-electron chi connectivity index (χ0n) is 11.1. The summed E-state index contributed by atoms with van der Waals surface area (Å²) < 4.78 is 0. The maximum Gasteiger partial charge on any atom is 0.248 e. The number of rotatable bonds is 3. The third-order valence-electron chi connectivity index (χ3n) is 3.33. The number of aromatic amines is 1. The van der Waals surface area contributed by atoms with Crippen LogP contribution in [0.1, 0.15) is 22.8 Å². The van der Waals surface area contributed by atoms with Gasteiger partial charge in [-0.2, -0.15) is 5.10 Å². The summed E-state index contributed by atoms with van der Waals surface area (Å²) in [7, 11) is 0. The Morgan fingerprint density at radius 2 is 2.20 bits per heavy atom. The first-order chi connectivity index (χ1) is 9.69. The lowest BCUT2D eigenvalue weighted by atomic mass is 10.0. The van der Waals surface area contributed by atoms with E-state index >= 15 is 0 Å². The summed E-state index contributed by atoms with van der Waals surface area (Å²) in [5, 5.41) is 7.75. The van der Waals surface area contributed by atoms with Crippen molar-refractivity contribution in [3.05, 3.63) is 47.8 Å². The average Bonchev–Trinajstić information content (AvgIpc) is 2.99. The standard InChI is InChI=1S/C15H14N4O/c1-2-9-5-10-3-4-11(15(16)20)6-13(10)19-14(9)12-7-17-18-8-12/h3-8H,2H2,1H3,(H2,16,20)(H,17,18). The monoisotopic (exact) mass is 266 g/mol. The van der Waals surface area contributed by atoms with E-state index in [0.29, 0.717) is 5.56 Å². The number of carbonyl (C=O) groups is 1. The summed E-state index contributed by atoms with van der Waals surface area (Å²) in [5.74, 6) is -0.446. The van der Waals surface area contributed by atoms with Crippen molar-refractivity contribution in [1.29, 1.82) is 0 Å². The number of primary amides is 1. The molecule has 0 fully saturated rings. The summed E-state index contributed by atoms with van der Waals surface area (Å²) in [4.78, 5) is 15.9. The summed E-state index contributed by atoms with van der Waals surface area (Å²) in [6.45, 7) is 2.09. The maximum absolute atomic E-state index is 11.3. The Labute approximate surface area is 115 Å². The van der Waals surface area contributed by atoms with Gasteiger partial charge in [-0.25, -0.2) is 4.98 Å². The maximum atomic E-state index is 11.3. The Morgan fingerprint density at radius 3 is 2.85 bits per heavy atom. The molecule has 0 aliphatic heterocycles. The molecule has 1 amide bonds. The number of fused-ring (bicyclic) bond motifs is 1. The number of carbonyl (C=O) groups excluding carboxylic acids is 1. The second-order valence-electron chi connectivity index (χ2n) is 4.61. The molecule has 0 saturated carbocycles. The quantitative estimate of drug-likeness (QED) is 0.762. The van der Waals surface area contributed by atoms with Gasteiger partial charge in [-0.15, -0.1) is 0 Å². The average molecular weight is 266 g/mol. The van der Waals surface area contributed by atoms with Crippen molar-refractivity contribution in [3.63, 3.8) is 0 Å². The predicted octanol–water partition coefficient (Wildman–Crippen LogP) is 2.29. The van der Waals surface area contributed by atoms with E-state index in [1.54, 1.807) is 18.3 Å². The minimum Gasteiger partial charge on any atom is -0.366 e. The highest BCUT2D eigenvalue weighted by Gasteiger charge is 2.10. The van der Waals surface area contributed by atoms with Crippen molar-refractivity contribution < 1.29 is 4.79 Å². The zero-order chi connectivity index (χ0) is 14.1. The number of nitrogens with zero attached hydrogens (tertiary/aromatic N) is 2. The minimum absolute atomic E-state index is 0.446. The molecule has 0 aliphatic rings. The topological polar surface area (TPSA) is 84.7 Å². The Balaban J connectivity index is 2.26. The van der Waals surface area contributed by atoms with Gasteiger partial charge in [0.2, 0.25) is 5.91 Å². The van der Waals surface area contributed by atoms with Crippen LogP contribution in [0, 0.1) is 0 Å². The molecule has 5 heteroatoms. The molecule has 3 rings (SSSR count). The molecule has 0 atom stereocenters. The molecule has 3 N–H and O–H groups in total. The van der Waals surface area contributed by atoms with Gasteiger partial charge in [0.25, 0.3) is 0 Å². The van der Waals surface area contributed by atoms with Gasteiger partial charge in [0.15, 0.2) is 0 Å². The van der Waals surface area contributed by atoms with Gasteiger partial charge in [-0.05, 0) is 30.2 Å². The molecule has 0 aliphatic carbocycles. The molecule has 0 bridgehead atoms. The van der Waals surface area contributed by atoms with Crippen molar-refractivity contribution in [2.45, 2.75) is 13.3 Å². The molecule has 0 unspecified atom stereocenters. The highest BCUT2D eigenvalue weighted by molar-refractivity contribution is 5.97. The number of pyridine rings is 1. The van der Waals surface area contributed by atoms with Crippen LogP contribution in [0.5, 0.6) is 0 Å². The summed E-state index contributed by atoms with van der Waals surface area (Å²) in [6, 6.07) is 7.42. The lowest BCUT2D eigenvalue weighted by Crippen LogP contribution is -2.10. The number of hydrogen-bond donors (Lipinski definition) is 2. The van der Waals surface area contributed by atoms with Crippen molar-refractivity contribution in [2.75, 3.05) is 0 Å². The van der Waals surface area contributed by atoms with Crippen molar-refractivity contribution in [1.82, 2.24) is 15.2 Å². The molecule has 2 aromatic heterocycles. The van der Waals surface area contributed by atoms with E-state index in [0.717, 1.165) is 34.1 Å². The van der Waals surface area contributed by atoms with E-state index in [9.17, 15) is 4.79 Å². The highest BCUT2D eigenvalue weighted by Crippen LogP contribution is 2.26. The molecule has 1 aromatic carbocycles. The van der Waals surface area contributed by atoms with Crippen LogP contribution in [0.3, 0.4) is 0 Å². The number of aryl methyl sites for hydroxylation is 1. The van der Waals surface area contributed by atoms with Crippen LogP contribution in [-0.4, -0.2) is 21.1 Å². The fraction of sp³-hybridized carbons (Fsp3) is 0.133. The van der Waals surface area contributed by atoms with Crippen LogP contribution < -0.4 is 5.73 Å². The van der Waals surface area contributed by atoms with E-state index in [2.05, 4.69) is 28.2 Å². The Morgan fingerprint density at radius 1 is 1.35 bits per heavy atom. The fourth-order valence-corrected chi connectivity index (χ4v) is 2.26. The van der Waals surface area contributed by atoms with Crippen LogP contribution in [0.15, 0.2) is 36.7 Å². The van der Waals surface area contributed by atoms with Gasteiger partial charge in [0.05, 0.1) is 17.4 Å². The summed E-state index contributed by atoms with van der Waals surface area (Å²) in [6.07, 6.45) is 4.43. The van der Waals surface area contributed by atoms with E-state index < -0.39 is 5.91 Å². The number of hydrogen-bond acceptors (Lipinski definition) is 3. The normalized spacial score (nSPS) is 10.8. The second-order valence-corrected chi connectivity index (χ2v) is 4.61. The number of aromatic nitrogens is 3. The van der Waals surface area contributed by atoms with E-state index in [1.165, 1.54) is 0 Å². The number of benzene rings is 1. The van der Waals surface area contributed by atoms with Gasteiger partial charge in [0, 0.05) is 22.7 Å². The molecule has 20 heavy (non-hydrogen) atoms. The van der Waals surface area contributed by atoms with Gasteiger partial charge in [-0.3, -0.25) is 9.89 Å². The third-order valence-corrected chi connectivity index (χ3v) is 3.33. The van der Waals surface area contributed by atoms with Gasteiger partial charge < -0.3 is 5.73 Å². The molecule has 5 nitrogen and oxygen atoms in total. The van der Waals surface area contributed by atoms with Crippen LogP contribution >= 0.6 is 0 Å². The van der Waals surface area contributed by atoms with E-state index in [-0.39, 0.29) is 0 Å². The van der Waals surface area contributed by atoms with Gasteiger partial charge in [-0.1, -0.05) is 13.0 Å². The minimum atomic E-state index is -0.446. The smallest absolute Gasteiger partial charge is 0.248 e. The van der Waals surface area contributed by atoms with Crippen LogP contribution in [0.4, 0.5) is 0 Å². The van der Waals surface area contributed by atoms with E-state index in [1.807, 2.05) is 12.3 Å². The van der Waals surface area contributed by atoms with Crippen LogP contribution in [0.25, 0.3) is 22.2 Å². The molecule has 2 heterocycles. The van der Waals surface area contributed by atoms with Gasteiger partial charge in [0.1, 0.15) is 0 Å². The van der Waals surface area contributed by atoms with Crippen LogP contribution in [-0.2, 0) is 6.42 Å². The number of amides is 1. The molecule has 0 radical (unpaired) electrons. The van der Waals surface area contributed by atoms with Crippen molar-refractivity contribution in [3.8, 4) is 11.3 Å². The third kappa shape index (κ3) is 2.03. The first-order valence-electron chi connectivity index (χ1n) is 6.41. The highest BCUT2D eigenvalue weighted by atomic mass is 16.1. The molecular formula is C15H14N4O. The molecular weight excluding hydrogens is 252 g/mol. The molecule has 0 saturated heterocycles. The van der Waals surface area contributed by atoms with Crippen LogP contribution in [0.2, 0.25) is 0 Å². The summed E-state index contributed by atoms with van der Waals surface area (Å²) >= 11 is 0.